The molecular formula is C26H32N2O3S. The summed E-state index contributed by atoms with van der Waals surface area (Å²) in [6.07, 6.45) is 2.02. The van der Waals surface area contributed by atoms with Crippen LogP contribution in [-0.2, 0) is 19.7 Å². The van der Waals surface area contributed by atoms with Gasteiger partial charge in [0.1, 0.15) is 0 Å². The first-order valence-corrected chi connectivity index (χ1v) is 12.5. The van der Waals surface area contributed by atoms with Crippen LogP contribution in [0.25, 0.3) is 0 Å². The van der Waals surface area contributed by atoms with Gasteiger partial charge >= 0.3 is 0 Å². The molecule has 2 atom stereocenters. The van der Waals surface area contributed by atoms with Crippen LogP contribution in [0.5, 0.6) is 0 Å². The largest absolute Gasteiger partial charge is 0.375 e. The van der Waals surface area contributed by atoms with Gasteiger partial charge in [0.05, 0.1) is 17.9 Å². The van der Waals surface area contributed by atoms with Gasteiger partial charge in [0.15, 0.2) is 0 Å². The lowest BCUT2D eigenvalue weighted by Gasteiger charge is -2.44. The lowest BCUT2D eigenvalue weighted by atomic mass is 9.72. The number of likely N-dealkylation sites (tertiary alicyclic amines) is 1. The fourth-order valence-corrected chi connectivity index (χ4v) is 6.01. The smallest absolute Gasteiger partial charge is 0.232 e. The molecule has 32 heavy (non-hydrogen) atoms. The second kappa shape index (κ2) is 10.1. The molecule has 1 saturated heterocycles. The molecule has 2 aliphatic rings. The van der Waals surface area contributed by atoms with Crippen LogP contribution in [0.2, 0.25) is 0 Å². The number of fused-ring (bicyclic) bond motifs is 2. The first kappa shape index (κ1) is 22.9. The maximum atomic E-state index is 12.9. The molecule has 1 heterocycles. The lowest BCUT2D eigenvalue weighted by Crippen LogP contribution is -2.52. The summed E-state index contributed by atoms with van der Waals surface area (Å²) in [5.41, 5.74) is 2.25. The molecule has 1 aliphatic carbocycles. The highest BCUT2D eigenvalue weighted by Crippen LogP contribution is 2.52. The van der Waals surface area contributed by atoms with E-state index in [0.717, 1.165) is 23.3 Å². The first-order chi connectivity index (χ1) is 15.6. The minimum absolute atomic E-state index is 0.0390. The molecular weight excluding hydrogens is 420 g/mol. The summed E-state index contributed by atoms with van der Waals surface area (Å²) in [6.45, 7) is 5.89. The van der Waals surface area contributed by atoms with Crippen molar-refractivity contribution in [2.24, 2.45) is 0 Å². The van der Waals surface area contributed by atoms with Crippen molar-refractivity contribution in [3.05, 3.63) is 65.7 Å². The Kier molecular flexibility index (Phi) is 7.21. The Labute approximate surface area is 194 Å². The number of benzene rings is 2. The standard InChI is InChI=1S/C26H32N2O3S/c1-3-22(29)27-24-20-12-8-9-13-21(20)26(25(24)31-4-2)14-16-28(17-15-26)23(30)18-32-19-10-6-5-7-11-19/h5-13,24-25H,3-4,14-18H2,1-2H3,(H,27,29)/t24-,25+/m1/s1. The molecule has 4 rings (SSSR count). The minimum Gasteiger partial charge on any atom is -0.375 e. The number of ether oxygens (including phenoxy) is 1. The maximum Gasteiger partial charge on any atom is 0.232 e. The SMILES string of the molecule is CCO[C@H]1[C@H](NC(=O)CC)c2ccccc2C12CCN(C(=O)CSc1ccccc1)CC2. The van der Waals surface area contributed by atoms with E-state index in [2.05, 4.69) is 23.5 Å². The topological polar surface area (TPSA) is 58.6 Å². The normalized spacial score (nSPS) is 21.4. The van der Waals surface area contributed by atoms with Gasteiger partial charge in [0.2, 0.25) is 11.8 Å². The Balaban J connectivity index is 1.50. The minimum atomic E-state index is -0.179. The number of nitrogens with zero attached hydrogens (tertiary/aromatic N) is 1. The van der Waals surface area contributed by atoms with Crippen molar-refractivity contribution in [2.75, 3.05) is 25.4 Å². The van der Waals surface area contributed by atoms with E-state index in [9.17, 15) is 9.59 Å². The van der Waals surface area contributed by atoms with E-state index in [-0.39, 0.29) is 29.4 Å². The third-order valence-corrected chi connectivity index (χ3v) is 7.77. The molecule has 5 nitrogen and oxygen atoms in total. The van der Waals surface area contributed by atoms with Gasteiger partial charge in [-0.2, -0.15) is 0 Å². The molecule has 0 aromatic heterocycles. The Morgan fingerprint density at radius 1 is 1.06 bits per heavy atom. The van der Waals surface area contributed by atoms with Crippen molar-refractivity contribution in [3.63, 3.8) is 0 Å². The van der Waals surface area contributed by atoms with Crippen LogP contribution in [0, 0.1) is 0 Å². The molecule has 0 unspecified atom stereocenters. The van der Waals surface area contributed by atoms with Gasteiger partial charge < -0.3 is 15.0 Å². The van der Waals surface area contributed by atoms with Crippen LogP contribution in [0.3, 0.4) is 0 Å². The molecule has 1 aliphatic heterocycles. The molecule has 1 spiro atoms. The predicted octanol–water partition coefficient (Wildman–Crippen LogP) is 4.33. The summed E-state index contributed by atoms with van der Waals surface area (Å²) < 4.78 is 6.32. The van der Waals surface area contributed by atoms with Crippen molar-refractivity contribution < 1.29 is 14.3 Å². The van der Waals surface area contributed by atoms with Gasteiger partial charge in [0, 0.05) is 36.4 Å². The van der Waals surface area contributed by atoms with Crippen molar-refractivity contribution in [1.29, 1.82) is 0 Å². The fourth-order valence-electron chi connectivity index (χ4n) is 5.18. The molecule has 2 amide bonds. The van der Waals surface area contributed by atoms with E-state index in [1.54, 1.807) is 11.8 Å². The van der Waals surface area contributed by atoms with Gasteiger partial charge in [-0.1, -0.05) is 49.4 Å². The van der Waals surface area contributed by atoms with Crippen LogP contribution >= 0.6 is 11.8 Å². The van der Waals surface area contributed by atoms with Gasteiger partial charge in [-0.05, 0) is 43.0 Å². The molecule has 2 aromatic carbocycles. The van der Waals surface area contributed by atoms with Crippen LogP contribution in [-0.4, -0.2) is 48.3 Å². The first-order valence-electron chi connectivity index (χ1n) is 11.5. The van der Waals surface area contributed by atoms with Crippen LogP contribution in [0.4, 0.5) is 0 Å². The van der Waals surface area contributed by atoms with Crippen molar-refractivity contribution in [1.82, 2.24) is 10.2 Å². The summed E-state index contributed by atoms with van der Waals surface area (Å²) in [5.74, 6) is 0.679. The number of rotatable bonds is 7. The highest BCUT2D eigenvalue weighted by atomic mass is 32.2. The summed E-state index contributed by atoms with van der Waals surface area (Å²) >= 11 is 1.59. The molecule has 6 heteroatoms. The zero-order chi connectivity index (χ0) is 22.6. The molecule has 0 bridgehead atoms. The number of nitrogens with one attached hydrogen (secondary N) is 1. The van der Waals surface area contributed by atoms with E-state index in [0.29, 0.717) is 31.9 Å². The summed E-state index contributed by atoms with van der Waals surface area (Å²) in [6, 6.07) is 18.3. The van der Waals surface area contributed by atoms with E-state index in [1.165, 1.54) is 5.56 Å². The Morgan fingerprint density at radius 2 is 1.75 bits per heavy atom. The van der Waals surface area contributed by atoms with Crippen LogP contribution in [0.15, 0.2) is 59.5 Å². The van der Waals surface area contributed by atoms with Crippen LogP contribution < -0.4 is 5.32 Å². The van der Waals surface area contributed by atoms with Gasteiger partial charge in [0.25, 0.3) is 0 Å². The quantitative estimate of drug-likeness (QED) is 0.636. The van der Waals surface area contributed by atoms with Crippen molar-refractivity contribution in [2.45, 2.75) is 55.6 Å². The van der Waals surface area contributed by atoms with E-state index >= 15 is 0 Å². The second-order valence-corrected chi connectivity index (χ2v) is 9.55. The van der Waals surface area contributed by atoms with E-state index in [4.69, 9.17) is 4.74 Å². The monoisotopic (exact) mass is 452 g/mol. The van der Waals surface area contributed by atoms with Gasteiger partial charge in [-0.25, -0.2) is 0 Å². The summed E-state index contributed by atoms with van der Waals surface area (Å²) in [4.78, 5) is 28.3. The molecule has 1 fully saturated rings. The lowest BCUT2D eigenvalue weighted by molar-refractivity contribution is -0.131. The highest BCUT2D eigenvalue weighted by molar-refractivity contribution is 8.00. The van der Waals surface area contributed by atoms with E-state index < -0.39 is 0 Å². The fraction of sp³-hybridized carbons (Fsp3) is 0.462. The Hall–Kier alpha value is -2.31. The summed E-state index contributed by atoms with van der Waals surface area (Å²) in [5, 5.41) is 3.22. The number of amides is 2. The Morgan fingerprint density at radius 3 is 2.44 bits per heavy atom. The molecule has 0 radical (unpaired) electrons. The third kappa shape index (κ3) is 4.44. The van der Waals surface area contributed by atoms with Crippen LogP contribution in [0.1, 0.15) is 50.3 Å². The van der Waals surface area contributed by atoms with Crippen molar-refractivity contribution >= 4 is 23.6 Å². The average molecular weight is 453 g/mol. The second-order valence-electron chi connectivity index (χ2n) is 8.50. The highest BCUT2D eigenvalue weighted by Gasteiger charge is 2.54. The van der Waals surface area contributed by atoms with Gasteiger partial charge in [-0.3, -0.25) is 9.59 Å². The Bertz CT molecular complexity index is 941. The van der Waals surface area contributed by atoms with E-state index in [1.807, 2.05) is 55.1 Å². The van der Waals surface area contributed by atoms with Gasteiger partial charge in [-0.15, -0.1) is 11.8 Å². The number of carbonyl (C=O) groups excluding carboxylic acids is 2. The molecule has 170 valence electrons. The number of piperidine rings is 1. The molecule has 0 saturated carbocycles. The third-order valence-electron chi connectivity index (χ3n) is 6.78. The average Bonchev–Trinajstić information content (AvgIpc) is 3.07. The zero-order valence-electron chi connectivity index (χ0n) is 18.9. The molecule has 2 aromatic rings. The predicted molar refractivity (Wildman–Crippen MR) is 128 cm³/mol. The number of carbonyl (C=O) groups is 2. The zero-order valence-corrected chi connectivity index (χ0v) is 19.7. The number of hydrogen-bond donors (Lipinski definition) is 1. The number of hydrogen-bond acceptors (Lipinski definition) is 4. The maximum absolute atomic E-state index is 12.9. The number of thioether (sulfide) groups is 1. The summed E-state index contributed by atoms with van der Waals surface area (Å²) in [7, 11) is 0. The van der Waals surface area contributed by atoms with Crippen molar-refractivity contribution in [3.8, 4) is 0 Å². The molecule has 1 N–H and O–H groups in total.